The molecule has 9 heteroatoms. The molecule has 0 radical (unpaired) electrons. The van der Waals surface area contributed by atoms with E-state index >= 15 is 0 Å². The highest BCUT2D eigenvalue weighted by Crippen LogP contribution is 2.21. The van der Waals surface area contributed by atoms with E-state index in [0.717, 1.165) is 5.92 Å². The molecule has 2 rings (SSSR count). The van der Waals surface area contributed by atoms with Gasteiger partial charge in [-0.3, -0.25) is 14.4 Å². The molecule has 200 valence electrons. The highest BCUT2D eigenvalue weighted by Gasteiger charge is 2.34. The minimum Gasteiger partial charge on any atom is -0.508 e. The van der Waals surface area contributed by atoms with Crippen LogP contribution in [0.5, 0.6) is 5.75 Å². The molecule has 0 bridgehead atoms. The molecule has 9 nitrogen and oxygen atoms in total. The number of nitrogens with one attached hydrogen (secondary N) is 1. The zero-order valence-electron chi connectivity index (χ0n) is 22.1. The van der Waals surface area contributed by atoms with Crippen molar-refractivity contribution in [2.24, 2.45) is 11.8 Å². The van der Waals surface area contributed by atoms with E-state index in [2.05, 4.69) is 26.1 Å². The minimum absolute atomic E-state index is 0.00101. The summed E-state index contributed by atoms with van der Waals surface area (Å²) in [4.78, 5) is 38.1. The first kappa shape index (κ1) is 32.4. The average Bonchev–Trinajstić information content (AvgIpc) is 2.83. The number of methoxy groups -OCH3 is 1. The lowest BCUT2D eigenvalue weighted by Gasteiger charge is -2.36. The summed E-state index contributed by atoms with van der Waals surface area (Å²) in [6.45, 7) is 11.1. The first-order valence-electron chi connectivity index (χ1n) is 12.3. The summed E-state index contributed by atoms with van der Waals surface area (Å²) in [5.74, 6) is -0.674. The number of phenols is 1. The molecule has 0 aromatic heterocycles. The van der Waals surface area contributed by atoms with Crippen molar-refractivity contribution in [3.8, 4) is 5.75 Å². The number of aliphatic hydroxyl groups excluding tert-OH is 1. The summed E-state index contributed by atoms with van der Waals surface area (Å²) in [6.07, 6.45) is 0.607. The topological polar surface area (TPSA) is 125 Å². The fourth-order valence-electron chi connectivity index (χ4n) is 3.23. The van der Waals surface area contributed by atoms with Gasteiger partial charge in [0.05, 0.1) is 32.1 Å². The number of benzene rings is 1. The van der Waals surface area contributed by atoms with Gasteiger partial charge in [-0.05, 0) is 36.5 Å². The SMILES string of the molecule is CC.CC(C)C.COC(=O)C1CC(OCCCO)CN(C(=O)CNC(=O)Cc2cccc(O)c2)C1. The number of ether oxygens (including phenoxy) is 2. The Bertz CT molecular complexity index is 752. The van der Waals surface area contributed by atoms with Crippen molar-refractivity contribution < 1.29 is 34.1 Å². The minimum atomic E-state index is -0.500. The Kier molecular flexibility index (Phi) is 17.2. The lowest BCUT2D eigenvalue weighted by Crippen LogP contribution is -2.52. The molecule has 0 spiro atoms. The number of carbonyl (C=O) groups is 3. The lowest BCUT2D eigenvalue weighted by molar-refractivity contribution is -0.153. The van der Waals surface area contributed by atoms with Crippen LogP contribution in [-0.4, -0.2) is 79.0 Å². The van der Waals surface area contributed by atoms with Gasteiger partial charge in [-0.2, -0.15) is 0 Å². The Balaban J connectivity index is 0.00000174. The van der Waals surface area contributed by atoms with Gasteiger partial charge in [-0.25, -0.2) is 0 Å². The predicted molar refractivity (Wildman–Crippen MR) is 135 cm³/mol. The van der Waals surface area contributed by atoms with Crippen LogP contribution >= 0.6 is 0 Å². The lowest BCUT2D eigenvalue weighted by atomic mass is 9.95. The van der Waals surface area contributed by atoms with Crippen LogP contribution in [0.1, 0.15) is 53.0 Å². The van der Waals surface area contributed by atoms with Crippen LogP contribution < -0.4 is 5.32 Å². The Labute approximate surface area is 209 Å². The standard InChI is InChI=1S/C20H28N2O7.C4H10.C2H6/c1-28-20(27)15-10-17(29-7-3-6-23)13-22(12-15)19(26)11-21-18(25)9-14-4-2-5-16(24)8-14;1-4(2)3;1-2/h2,4-5,8,15,17,23-24H,3,6-7,9-13H2,1H3,(H,21,25);4H,1-3H3;1-2H3. The van der Waals surface area contributed by atoms with Gasteiger partial charge in [0.25, 0.3) is 0 Å². The van der Waals surface area contributed by atoms with Gasteiger partial charge in [0, 0.05) is 26.3 Å². The van der Waals surface area contributed by atoms with E-state index in [0.29, 0.717) is 31.6 Å². The summed E-state index contributed by atoms with van der Waals surface area (Å²) in [7, 11) is 1.30. The number of hydrogen-bond acceptors (Lipinski definition) is 7. The second-order valence-electron chi connectivity index (χ2n) is 8.68. The molecule has 1 aliphatic heterocycles. The largest absolute Gasteiger partial charge is 0.508 e. The molecule has 2 unspecified atom stereocenters. The summed E-state index contributed by atoms with van der Waals surface area (Å²) in [5, 5.41) is 20.9. The van der Waals surface area contributed by atoms with Crippen LogP contribution in [0, 0.1) is 11.8 Å². The van der Waals surface area contributed by atoms with Crippen LogP contribution in [0.2, 0.25) is 0 Å². The van der Waals surface area contributed by atoms with Gasteiger partial charge in [-0.15, -0.1) is 0 Å². The molecule has 1 saturated heterocycles. The molecule has 2 atom stereocenters. The molecule has 1 aromatic carbocycles. The van der Waals surface area contributed by atoms with Crippen LogP contribution in [-0.2, 0) is 30.3 Å². The van der Waals surface area contributed by atoms with Crippen molar-refractivity contribution in [1.82, 2.24) is 10.2 Å². The number of aliphatic hydroxyl groups is 1. The second kappa shape index (κ2) is 18.6. The second-order valence-corrected chi connectivity index (χ2v) is 8.68. The van der Waals surface area contributed by atoms with Crippen molar-refractivity contribution in [3.63, 3.8) is 0 Å². The van der Waals surface area contributed by atoms with E-state index < -0.39 is 11.9 Å². The third-order valence-corrected chi connectivity index (χ3v) is 4.67. The fourth-order valence-corrected chi connectivity index (χ4v) is 3.23. The first-order chi connectivity index (χ1) is 16.7. The molecule has 1 fully saturated rings. The van der Waals surface area contributed by atoms with Crippen LogP contribution in [0.25, 0.3) is 0 Å². The number of phenolic OH excluding ortho intramolecular Hbond substituents is 1. The van der Waals surface area contributed by atoms with E-state index in [1.807, 2.05) is 13.8 Å². The molecule has 0 aliphatic carbocycles. The van der Waals surface area contributed by atoms with E-state index in [1.54, 1.807) is 12.1 Å². The van der Waals surface area contributed by atoms with Crippen molar-refractivity contribution in [3.05, 3.63) is 29.8 Å². The van der Waals surface area contributed by atoms with Crippen molar-refractivity contribution in [2.75, 3.05) is 40.0 Å². The zero-order valence-corrected chi connectivity index (χ0v) is 22.1. The number of esters is 1. The van der Waals surface area contributed by atoms with E-state index in [1.165, 1.54) is 24.1 Å². The van der Waals surface area contributed by atoms with Gasteiger partial charge in [0.1, 0.15) is 5.75 Å². The molecule has 1 aromatic rings. The maximum Gasteiger partial charge on any atom is 0.310 e. The Morgan fingerprint density at radius 3 is 2.40 bits per heavy atom. The maximum atomic E-state index is 12.6. The summed E-state index contributed by atoms with van der Waals surface area (Å²) < 4.78 is 10.5. The monoisotopic (exact) mass is 496 g/mol. The fraction of sp³-hybridized carbons (Fsp3) is 0.654. The number of nitrogens with zero attached hydrogens (tertiary/aromatic N) is 1. The molecule has 0 saturated carbocycles. The van der Waals surface area contributed by atoms with Crippen LogP contribution in [0.4, 0.5) is 0 Å². The summed E-state index contributed by atoms with van der Waals surface area (Å²) >= 11 is 0. The van der Waals surface area contributed by atoms with Gasteiger partial charge >= 0.3 is 5.97 Å². The zero-order chi connectivity index (χ0) is 26.8. The highest BCUT2D eigenvalue weighted by atomic mass is 16.5. The number of amides is 2. The molecule has 3 N–H and O–H groups in total. The van der Waals surface area contributed by atoms with Crippen molar-refractivity contribution in [2.45, 2.75) is 60.0 Å². The van der Waals surface area contributed by atoms with Crippen LogP contribution in [0.3, 0.4) is 0 Å². The van der Waals surface area contributed by atoms with Crippen molar-refractivity contribution in [1.29, 1.82) is 0 Å². The Morgan fingerprint density at radius 2 is 1.83 bits per heavy atom. The predicted octanol–water partition coefficient (Wildman–Crippen LogP) is 2.53. The van der Waals surface area contributed by atoms with Crippen LogP contribution in [0.15, 0.2) is 24.3 Å². The normalized spacial score (nSPS) is 16.9. The smallest absolute Gasteiger partial charge is 0.310 e. The molecule has 35 heavy (non-hydrogen) atoms. The Morgan fingerprint density at radius 1 is 1.17 bits per heavy atom. The van der Waals surface area contributed by atoms with E-state index in [9.17, 15) is 19.5 Å². The van der Waals surface area contributed by atoms with Gasteiger partial charge in [0.2, 0.25) is 11.8 Å². The number of likely N-dealkylation sites (tertiary alicyclic amines) is 1. The number of piperidine rings is 1. The highest BCUT2D eigenvalue weighted by molar-refractivity contribution is 5.86. The maximum absolute atomic E-state index is 12.6. The number of rotatable bonds is 9. The molecule has 1 aliphatic rings. The van der Waals surface area contributed by atoms with Crippen molar-refractivity contribution >= 4 is 17.8 Å². The molecule has 1 heterocycles. The summed E-state index contributed by atoms with van der Waals surface area (Å²) in [6, 6.07) is 6.35. The molecular formula is C26H44N2O7. The van der Waals surface area contributed by atoms with Gasteiger partial charge < -0.3 is 29.9 Å². The summed E-state index contributed by atoms with van der Waals surface area (Å²) in [5.41, 5.74) is 0.635. The van der Waals surface area contributed by atoms with E-state index in [-0.39, 0.29) is 49.8 Å². The van der Waals surface area contributed by atoms with Gasteiger partial charge in [-0.1, -0.05) is 46.8 Å². The molecular weight excluding hydrogens is 452 g/mol. The van der Waals surface area contributed by atoms with E-state index in [4.69, 9.17) is 14.6 Å². The third kappa shape index (κ3) is 14.4. The van der Waals surface area contributed by atoms with Gasteiger partial charge in [0.15, 0.2) is 0 Å². The molecule has 2 amide bonds. The number of aromatic hydroxyl groups is 1. The Hall–Kier alpha value is -2.65. The number of carbonyl (C=O) groups excluding carboxylic acids is 3. The number of hydrogen-bond donors (Lipinski definition) is 3. The average molecular weight is 497 g/mol. The first-order valence-corrected chi connectivity index (χ1v) is 12.3. The quantitative estimate of drug-likeness (QED) is 0.354. The third-order valence-electron chi connectivity index (χ3n) is 4.67.